The Hall–Kier alpha value is -1.91. The van der Waals surface area contributed by atoms with Crippen molar-refractivity contribution in [2.24, 2.45) is 0 Å². The molecule has 1 aromatic carbocycles. The number of fused-ring (bicyclic) bond motifs is 2. The highest BCUT2D eigenvalue weighted by Crippen LogP contribution is 2.26. The predicted octanol–water partition coefficient (Wildman–Crippen LogP) is 4.33. The summed E-state index contributed by atoms with van der Waals surface area (Å²) in [6.45, 7) is 0.634. The minimum absolute atomic E-state index is 0.0963. The zero-order valence-corrected chi connectivity index (χ0v) is 12.2. The van der Waals surface area contributed by atoms with Crippen molar-refractivity contribution >= 4 is 42.8 Å². The second kappa shape index (κ2) is 4.58. The highest BCUT2D eigenvalue weighted by Gasteiger charge is 2.07. The summed E-state index contributed by atoms with van der Waals surface area (Å²) in [5.74, 6) is 0. The monoisotopic (exact) mass is 297 g/mol. The first-order valence-electron chi connectivity index (χ1n) is 6.35. The molecule has 4 aromatic rings. The topological polar surface area (TPSA) is 22.0 Å². The van der Waals surface area contributed by atoms with Crippen molar-refractivity contribution in [2.75, 3.05) is 0 Å². The summed E-state index contributed by atoms with van der Waals surface area (Å²) in [4.78, 5) is 12.4. The third-order valence-electron chi connectivity index (χ3n) is 3.49. The van der Waals surface area contributed by atoms with Gasteiger partial charge in [-0.1, -0.05) is 18.2 Å². The molecule has 0 radical (unpaired) electrons. The van der Waals surface area contributed by atoms with Gasteiger partial charge in [0, 0.05) is 15.6 Å². The van der Waals surface area contributed by atoms with Gasteiger partial charge in [-0.25, -0.2) is 0 Å². The highest BCUT2D eigenvalue weighted by atomic mass is 32.1. The first-order chi connectivity index (χ1) is 9.83. The molecule has 3 aromatic heterocycles. The summed E-state index contributed by atoms with van der Waals surface area (Å²) in [6, 6.07) is 12.3. The van der Waals surface area contributed by atoms with Gasteiger partial charge in [0.2, 0.25) is 0 Å². The number of hydrogen-bond donors (Lipinski definition) is 0. The second-order valence-corrected chi connectivity index (χ2v) is 6.56. The second-order valence-electron chi connectivity index (χ2n) is 4.70. The molecular formula is C16H11NOS2. The quantitative estimate of drug-likeness (QED) is 0.540. The number of hydrogen-bond acceptors (Lipinski definition) is 3. The molecule has 20 heavy (non-hydrogen) atoms. The molecular weight excluding hydrogens is 286 g/mol. The minimum Gasteiger partial charge on any atom is -0.310 e. The summed E-state index contributed by atoms with van der Waals surface area (Å²) in [5.41, 5.74) is 1.31. The lowest BCUT2D eigenvalue weighted by atomic mass is 10.2. The van der Waals surface area contributed by atoms with Crippen LogP contribution in [0.5, 0.6) is 0 Å². The van der Waals surface area contributed by atoms with Crippen molar-refractivity contribution < 1.29 is 0 Å². The van der Waals surface area contributed by atoms with E-state index in [2.05, 4.69) is 17.5 Å². The molecule has 0 spiro atoms. The molecule has 0 aliphatic carbocycles. The smallest absolute Gasteiger partial charge is 0.259 e. The van der Waals surface area contributed by atoms with Crippen molar-refractivity contribution in [2.45, 2.75) is 6.54 Å². The van der Waals surface area contributed by atoms with E-state index in [1.165, 1.54) is 15.6 Å². The molecule has 2 nitrogen and oxygen atoms in total. The number of nitrogens with zero attached hydrogens (tertiary/aromatic N) is 1. The molecule has 3 heterocycles. The Balaban J connectivity index is 1.84. The molecule has 0 saturated carbocycles. The van der Waals surface area contributed by atoms with Crippen LogP contribution in [-0.2, 0) is 6.54 Å². The Morgan fingerprint density at radius 3 is 2.75 bits per heavy atom. The van der Waals surface area contributed by atoms with E-state index in [9.17, 15) is 4.79 Å². The van der Waals surface area contributed by atoms with Crippen LogP contribution < -0.4 is 5.56 Å². The van der Waals surface area contributed by atoms with E-state index in [1.54, 1.807) is 27.2 Å². The predicted molar refractivity (Wildman–Crippen MR) is 87.0 cm³/mol. The van der Waals surface area contributed by atoms with Gasteiger partial charge < -0.3 is 4.57 Å². The average molecular weight is 297 g/mol. The fourth-order valence-corrected chi connectivity index (χ4v) is 4.20. The van der Waals surface area contributed by atoms with E-state index in [1.807, 2.05) is 35.8 Å². The van der Waals surface area contributed by atoms with E-state index in [0.717, 1.165) is 10.1 Å². The average Bonchev–Trinajstić information content (AvgIpc) is 3.10. The van der Waals surface area contributed by atoms with Crippen LogP contribution in [0.4, 0.5) is 0 Å². The number of rotatable bonds is 2. The lowest BCUT2D eigenvalue weighted by molar-refractivity contribution is 0.775. The molecule has 0 N–H and O–H groups in total. The fourth-order valence-electron chi connectivity index (χ4n) is 2.47. The van der Waals surface area contributed by atoms with Gasteiger partial charge in [0.25, 0.3) is 5.56 Å². The molecule has 0 unspecified atom stereocenters. The van der Waals surface area contributed by atoms with Gasteiger partial charge >= 0.3 is 0 Å². The lowest BCUT2D eigenvalue weighted by Crippen LogP contribution is -2.19. The highest BCUT2D eigenvalue weighted by molar-refractivity contribution is 7.17. The Morgan fingerprint density at radius 1 is 0.950 bits per heavy atom. The summed E-state index contributed by atoms with van der Waals surface area (Å²) in [6.07, 6.45) is 1.90. The number of pyridine rings is 1. The van der Waals surface area contributed by atoms with Crippen LogP contribution in [0.15, 0.2) is 58.1 Å². The molecule has 0 saturated heterocycles. The van der Waals surface area contributed by atoms with Gasteiger partial charge in [-0.05, 0) is 39.9 Å². The van der Waals surface area contributed by atoms with Gasteiger partial charge in [0.1, 0.15) is 0 Å². The zero-order valence-electron chi connectivity index (χ0n) is 10.6. The van der Waals surface area contributed by atoms with Crippen LogP contribution in [0.3, 0.4) is 0 Å². The Morgan fingerprint density at radius 2 is 1.80 bits per heavy atom. The van der Waals surface area contributed by atoms with Crippen molar-refractivity contribution in [3.63, 3.8) is 0 Å². The van der Waals surface area contributed by atoms with Crippen LogP contribution in [0.25, 0.3) is 20.2 Å². The van der Waals surface area contributed by atoms with E-state index in [0.29, 0.717) is 6.54 Å². The van der Waals surface area contributed by atoms with Crippen LogP contribution in [0, 0.1) is 0 Å². The number of benzene rings is 1. The summed E-state index contributed by atoms with van der Waals surface area (Å²) in [7, 11) is 0. The fraction of sp³-hybridized carbons (Fsp3) is 0.0625. The number of aromatic nitrogens is 1. The van der Waals surface area contributed by atoms with Crippen molar-refractivity contribution in [3.05, 3.63) is 69.3 Å². The Labute approximate surface area is 123 Å². The van der Waals surface area contributed by atoms with Gasteiger partial charge in [-0.2, -0.15) is 0 Å². The molecule has 0 fully saturated rings. The Kier molecular flexibility index (Phi) is 2.72. The van der Waals surface area contributed by atoms with E-state index in [4.69, 9.17) is 0 Å². The lowest BCUT2D eigenvalue weighted by Gasteiger charge is -2.05. The first kappa shape index (κ1) is 11.9. The van der Waals surface area contributed by atoms with Crippen LogP contribution >= 0.6 is 22.7 Å². The van der Waals surface area contributed by atoms with Crippen molar-refractivity contribution in [1.29, 1.82) is 0 Å². The molecule has 0 amide bonds. The molecule has 0 aliphatic heterocycles. The minimum atomic E-state index is 0.0963. The molecule has 4 heteroatoms. The Bertz CT molecular complexity index is 961. The molecule has 4 rings (SSSR count). The van der Waals surface area contributed by atoms with E-state index < -0.39 is 0 Å². The molecule has 0 atom stereocenters. The van der Waals surface area contributed by atoms with Crippen LogP contribution in [0.2, 0.25) is 0 Å². The third kappa shape index (κ3) is 1.80. The maximum Gasteiger partial charge on any atom is 0.259 e. The molecule has 0 bridgehead atoms. The standard InChI is InChI=1S/C16H11NOS2/c18-16-13-6-8-19-15(13)5-7-17(16)9-11-10-20-14-4-2-1-3-12(11)14/h1-8,10H,9H2. The molecule has 0 aliphatic rings. The zero-order chi connectivity index (χ0) is 13.5. The van der Waals surface area contributed by atoms with E-state index >= 15 is 0 Å². The van der Waals surface area contributed by atoms with Gasteiger partial charge in [0.05, 0.1) is 11.9 Å². The maximum atomic E-state index is 12.4. The largest absolute Gasteiger partial charge is 0.310 e. The van der Waals surface area contributed by atoms with Gasteiger partial charge in [0.15, 0.2) is 0 Å². The van der Waals surface area contributed by atoms with Crippen molar-refractivity contribution in [1.82, 2.24) is 4.57 Å². The summed E-state index contributed by atoms with van der Waals surface area (Å²) in [5, 5.41) is 6.18. The summed E-state index contributed by atoms with van der Waals surface area (Å²) < 4.78 is 4.12. The normalized spacial score (nSPS) is 11.4. The third-order valence-corrected chi connectivity index (χ3v) is 5.39. The molecule has 98 valence electrons. The van der Waals surface area contributed by atoms with Crippen molar-refractivity contribution in [3.8, 4) is 0 Å². The first-order valence-corrected chi connectivity index (χ1v) is 8.10. The SMILES string of the molecule is O=c1c2ccsc2ccn1Cc1csc2ccccc12. The van der Waals surface area contributed by atoms with Crippen LogP contribution in [-0.4, -0.2) is 4.57 Å². The van der Waals surface area contributed by atoms with E-state index in [-0.39, 0.29) is 5.56 Å². The van der Waals surface area contributed by atoms with Gasteiger partial charge in [-0.15, -0.1) is 22.7 Å². The van der Waals surface area contributed by atoms with Crippen LogP contribution in [0.1, 0.15) is 5.56 Å². The van der Waals surface area contributed by atoms with Gasteiger partial charge in [-0.3, -0.25) is 4.79 Å². The number of thiophene rings is 2. The maximum absolute atomic E-state index is 12.4. The summed E-state index contributed by atoms with van der Waals surface area (Å²) >= 11 is 3.34.